The molecule has 34 heavy (non-hydrogen) atoms. The largest absolute Gasteiger partial charge is 0.494 e. The van der Waals surface area contributed by atoms with Crippen LogP contribution in [0, 0.1) is 3.57 Å². The van der Waals surface area contributed by atoms with E-state index < -0.39 is 0 Å². The first-order chi connectivity index (χ1) is 16.5. The summed E-state index contributed by atoms with van der Waals surface area (Å²) in [6.45, 7) is 5.77. The Morgan fingerprint density at radius 3 is 2.88 bits per heavy atom. The molecule has 1 saturated heterocycles. The smallest absolute Gasteiger partial charge is 0.251 e. The molecule has 5 nitrogen and oxygen atoms in total. The normalized spacial score (nSPS) is 16.7. The van der Waals surface area contributed by atoms with Crippen molar-refractivity contribution in [1.29, 1.82) is 0 Å². The van der Waals surface area contributed by atoms with Gasteiger partial charge in [-0.25, -0.2) is 0 Å². The molecule has 3 aromatic rings. The maximum absolute atomic E-state index is 12.8. The molecular weight excluding hydrogens is 537 g/mol. The minimum absolute atomic E-state index is 0.0761. The summed E-state index contributed by atoms with van der Waals surface area (Å²) in [6.07, 6.45) is 10.7. The van der Waals surface area contributed by atoms with Gasteiger partial charge in [-0.05, 0) is 84.6 Å². The van der Waals surface area contributed by atoms with Crippen LogP contribution in [0.4, 0.5) is 0 Å². The van der Waals surface area contributed by atoms with Gasteiger partial charge in [0, 0.05) is 45.2 Å². The van der Waals surface area contributed by atoms with Crippen LogP contribution in [0.2, 0.25) is 0 Å². The average Bonchev–Trinajstić information content (AvgIpc) is 3.15. The van der Waals surface area contributed by atoms with Crippen LogP contribution in [0.15, 0.2) is 48.7 Å². The summed E-state index contributed by atoms with van der Waals surface area (Å²) in [5.74, 6) is 0.125. The molecule has 0 spiro atoms. The second-order valence-corrected chi connectivity index (χ2v) is 10.7. The molecule has 1 aliphatic rings. The highest BCUT2D eigenvalue weighted by Crippen LogP contribution is 2.29. The molecule has 6 heteroatoms. The lowest BCUT2D eigenvalue weighted by molar-refractivity contribution is 0.0947. The van der Waals surface area contributed by atoms with Crippen molar-refractivity contribution in [2.75, 3.05) is 19.6 Å². The Hall–Kier alpha value is -2.06. The molecule has 2 N–H and O–H groups in total. The molecule has 0 aliphatic carbocycles. The number of amides is 1. The minimum atomic E-state index is -0.0761. The van der Waals surface area contributed by atoms with Gasteiger partial charge in [0.25, 0.3) is 5.91 Å². The first-order valence-electron chi connectivity index (χ1n) is 12.6. The monoisotopic (exact) mass is 573 g/mol. The molecular formula is C28H36IN3O2. The number of halogens is 1. The quantitative estimate of drug-likeness (QED) is 0.226. The highest BCUT2D eigenvalue weighted by atomic mass is 127. The van der Waals surface area contributed by atoms with Crippen LogP contribution in [0.1, 0.15) is 67.8 Å². The molecule has 1 aromatic heterocycles. The number of piperidine rings is 1. The Morgan fingerprint density at radius 2 is 2.06 bits per heavy atom. The molecule has 2 heterocycles. The summed E-state index contributed by atoms with van der Waals surface area (Å²) in [4.78, 5) is 15.4. The number of aromatic hydroxyl groups is 1. The highest BCUT2D eigenvalue weighted by Gasteiger charge is 2.21. The fraction of sp³-hybridized carbons (Fsp3) is 0.464. The Kier molecular flexibility index (Phi) is 8.89. The average molecular weight is 574 g/mol. The van der Waals surface area contributed by atoms with Crippen LogP contribution in [0.5, 0.6) is 5.88 Å². The highest BCUT2D eigenvalue weighted by molar-refractivity contribution is 14.1. The zero-order chi connectivity index (χ0) is 23.9. The lowest BCUT2D eigenvalue weighted by atomic mass is 9.97. The molecule has 4 rings (SSSR count). The second-order valence-electron chi connectivity index (χ2n) is 9.45. The van der Waals surface area contributed by atoms with Gasteiger partial charge in [-0.3, -0.25) is 4.79 Å². The van der Waals surface area contributed by atoms with Crippen LogP contribution in [0.25, 0.3) is 10.8 Å². The summed E-state index contributed by atoms with van der Waals surface area (Å²) in [5.41, 5.74) is 1.72. The fourth-order valence-electron chi connectivity index (χ4n) is 5.05. The summed E-state index contributed by atoms with van der Waals surface area (Å²) < 4.78 is 3.01. The first-order valence-corrected chi connectivity index (χ1v) is 13.7. The molecule has 1 unspecified atom stereocenters. The lowest BCUT2D eigenvalue weighted by Crippen LogP contribution is -2.41. The molecule has 2 aromatic carbocycles. The number of fused-ring (bicyclic) bond motifs is 1. The van der Waals surface area contributed by atoms with Gasteiger partial charge in [-0.15, -0.1) is 0 Å². The van der Waals surface area contributed by atoms with Crippen molar-refractivity contribution in [2.24, 2.45) is 0 Å². The van der Waals surface area contributed by atoms with Gasteiger partial charge in [-0.2, -0.15) is 0 Å². The van der Waals surface area contributed by atoms with E-state index in [0.29, 0.717) is 24.0 Å². The Bertz CT molecular complexity index is 1110. The van der Waals surface area contributed by atoms with E-state index in [2.05, 4.69) is 57.9 Å². The van der Waals surface area contributed by atoms with Crippen LogP contribution < -0.4 is 5.32 Å². The Morgan fingerprint density at radius 1 is 1.18 bits per heavy atom. The number of hydrogen-bond donors (Lipinski definition) is 2. The van der Waals surface area contributed by atoms with Crippen LogP contribution in [-0.4, -0.2) is 46.2 Å². The SMILES string of the molecule is CCCCC1CCCCN1CCCNC(=O)c1ccc2cn(Cc3cccc(I)c3)c(O)c2c1. The molecule has 0 saturated carbocycles. The molecule has 1 atom stereocenters. The van der Waals surface area contributed by atoms with Crippen molar-refractivity contribution in [3.05, 3.63) is 63.4 Å². The van der Waals surface area contributed by atoms with Crippen LogP contribution in [0.3, 0.4) is 0 Å². The number of carbonyl (C=O) groups excluding carboxylic acids is 1. The third-order valence-corrected chi connectivity index (χ3v) is 7.58. The van der Waals surface area contributed by atoms with Gasteiger partial charge in [0.05, 0.1) is 6.54 Å². The number of benzene rings is 2. The number of nitrogens with one attached hydrogen (secondary N) is 1. The van der Waals surface area contributed by atoms with Crippen molar-refractivity contribution in [2.45, 2.75) is 64.5 Å². The van der Waals surface area contributed by atoms with Crippen molar-refractivity contribution in [1.82, 2.24) is 14.8 Å². The van der Waals surface area contributed by atoms with Gasteiger partial charge >= 0.3 is 0 Å². The van der Waals surface area contributed by atoms with E-state index in [-0.39, 0.29) is 11.8 Å². The standard InChI is InChI=1S/C28H36IN3O2/c1-2-3-10-25-11-4-5-15-31(25)16-7-14-30-27(33)22-12-13-23-20-32(28(34)26(23)18-22)19-21-8-6-9-24(29)17-21/h6,8-9,12-13,17-18,20,25,34H,2-5,7,10-11,14-16,19H2,1H3,(H,30,33). The van der Waals surface area contributed by atoms with E-state index in [1.807, 2.05) is 29.0 Å². The van der Waals surface area contributed by atoms with Crippen molar-refractivity contribution in [3.8, 4) is 5.88 Å². The van der Waals surface area contributed by atoms with Gasteiger partial charge in [-0.1, -0.05) is 44.4 Å². The summed E-state index contributed by atoms with van der Waals surface area (Å²) in [6, 6.07) is 14.5. The third kappa shape index (κ3) is 6.33. The number of nitrogens with zero attached hydrogens (tertiary/aromatic N) is 2. The van der Waals surface area contributed by atoms with Gasteiger partial charge in [0.2, 0.25) is 0 Å². The Labute approximate surface area is 216 Å². The molecule has 1 aliphatic heterocycles. The minimum Gasteiger partial charge on any atom is -0.494 e. The summed E-state index contributed by atoms with van der Waals surface area (Å²) >= 11 is 2.30. The number of aromatic nitrogens is 1. The third-order valence-electron chi connectivity index (χ3n) is 6.91. The molecule has 1 fully saturated rings. The topological polar surface area (TPSA) is 57.5 Å². The number of unbranched alkanes of at least 4 members (excludes halogenated alkanes) is 1. The van der Waals surface area contributed by atoms with E-state index in [1.54, 1.807) is 6.07 Å². The fourth-order valence-corrected chi connectivity index (χ4v) is 5.65. The van der Waals surface area contributed by atoms with E-state index >= 15 is 0 Å². The molecule has 1 amide bonds. The van der Waals surface area contributed by atoms with Crippen LogP contribution >= 0.6 is 22.6 Å². The van der Waals surface area contributed by atoms with E-state index in [4.69, 9.17) is 0 Å². The zero-order valence-corrected chi connectivity index (χ0v) is 22.3. The maximum atomic E-state index is 12.8. The Balaban J connectivity index is 1.33. The number of hydrogen-bond acceptors (Lipinski definition) is 3. The summed E-state index contributed by atoms with van der Waals surface area (Å²) in [7, 11) is 0. The van der Waals surface area contributed by atoms with E-state index in [1.165, 1.54) is 48.6 Å². The van der Waals surface area contributed by atoms with Gasteiger partial charge < -0.3 is 19.9 Å². The number of likely N-dealkylation sites (tertiary alicyclic amines) is 1. The maximum Gasteiger partial charge on any atom is 0.251 e. The molecule has 0 bridgehead atoms. The zero-order valence-electron chi connectivity index (χ0n) is 20.1. The molecule has 0 radical (unpaired) electrons. The predicted octanol–water partition coefficient (Wildman–Crippen LogP) is 6.16. The summed E-state index contributed by atoms with van der Waals surface area (Å²) in [5, 5.41) is 15.5. The van der Waals surface area contributed by atoms with Gasteiger partial charge in [0.15, 0.2) is 5.88 Å². The van der Waals surface area contributed by atoms with Crippen LogP contribution in [-0.2, 0) is 6.54 Å². The van der Waals surface area contributed by atoms with Crippen molar-refractivity contribution < 1.29 is 9.90 Å². The van der Waals surface area contributed by atoms with Crippen molar-refractivity contribution in [3.63, 3.8) is 0 Å². The first kappa shape index (κ1) is 25.0. The van der Waals surface area contributed by atoms with Gasteiger partial charge in [0.1, 0.15) is 0 Å². The van der Waals surface area contributed by atoms with E-state index in [0.717, 1.165) is 30.0 Å². The van der Waals surface area contributed by atoms with Crippen molar-refractivity contribution >= 4 is 39.3 Å². The second kappa shape index (κ2) is 12.1. The number of rotatable bonds is 10. The van der Waals surface area contributed by atoms with E-state index in [9.17, 15) is 9.90 Å². The lowest BCUT2D eigenvalue weighted by Gasteiger charge is -2.36. The predicted molar refractivity (Wildman–Crippen MR) is 148 cm³/mol. The number of carbonyl (C=O) groups is 1. The molecule has 182 valence electrons.